The number of thioether (sulfide) groups is 1. The molecule has 0 aliphatic heterocycles. The van der Waals surface area contributed by atoms with E-state index in [1.165, 1.54) is 11.8 Å². The minimum absolute atomic E-state index is 0.229. The first-order valence-corrected chi connectivity index (χ1v) is 6.44. The van der Waals surface area contributed by atoms with Crippen LogP contribution in [-0.4, -0.2) is 33.5 Å². The lowest BCUT2D eigenvalue weighted by Gasteiger charge is -1.97. The summed E-state index contributed by atoms with van der Waals surface area (Å²) in [5.74, 6) is 0.916. The number of unbranched alkanes of at least 4 members (excludes halogenated alkanes) is 1. The van der Waals surface area contributed by atoms with Crippen molar-refractivity contribution in [3.8, 4) is 0 Å². The number of carbonyl (C=O) groups is 1. The summed E-state index contributed by atoms with van der Waals surface area (Å²) in [6.45, 7) is 4.33. The molecule has 0 radical (unpaired) electrons. The van der Waals surface area contributed by atoms with Crippen LogP contribution in [-0.2, 0) is 16.0 Å². The normalized spacial score (nSPS) is 10.4. The van der Waals surface area contributed by atoms with Gasteiger partial charge in [-0.15, -0.1) is 5.10 Å². The number of aryl methyl sites for hydroxylation is 1. The molecule has 0 atom stereocenters. The Balaban J connectivity index is 2.31. The van der Waals surface area contributed by atoms with Crippen molar-refractivity contribution in [1.29, 1.82) is 0 Å². The van der Waals surface area contributed by atoms with E-state index in [9.17, 15) is 4.79 Å². The number of hydrogen-bond acceptors (Lipinski definition) is 5. The number of hydrogen-bond donors (Lipinski definition) is 1. The van der Waals surface area contributed by atoms with Crippen molar-refractivity contribution in [2.45, 2.75) is 38.3 Å². The van der Waals surface area contributed by atoms with E-state index in [4.69, 9.17) is 4.74 Å². The first-order valence-electron chi connectivity index (χ1n) is 5.46. The molecule has 1 aromatic rings. The Hall–Kier alpha value is -1.04. The van der Waals surface area contributed by atoms with Gasteiger partial charge in [0.15, 0.2) is 0 Å². The van der Waals surface area contributed by atoms with Gasteiger partial charge >= 0.3 is 5.97 Å². The predicted octanol–water partition coefficient (Wildman–Crippen LogP) is 1.80. The number of esters is 1. The molecule has 1 N–H and O–H groups in total. The highest BCUT2D eigenvalue weighted by Gasteiger charge is 2.07. The van der Waals surface area contributed by atoms with Gasteiger partial charge in [-0.25, -0.2) is 4.98 Å². The Kier molecular flexibility index (Phi) is 5.92. The average Bonchev–Trinajstić information content (AvgIpc) is 2.72. The lowest BCUT2D eigenvalue weighted by Crippen LogP contribution is -2.06. The summed E-state index contributed by atoms with van der Waals surface area (Å²) >= 11 is 1.29. The summed E-state index contributed by atoms with van der Waals surface area (Å²) in [4.78, 5) is 15.4. The number of aromatic nitrogens is 3. The van der Waals surface area contributed by atoms with Gasteiger partial charge in [0.1, 0.15) is 5.82 Å². The molecule has 0 saturated carbocycles. The Morgan fingerprint density at radius 1 is 1.50 bits per heavy atom. The SMILES string of the molecule is CCCCc1nc(SCC(=O)OCC)n[nH]1. The topological polar surface area (TPSA) is 67.9 Å². The van der Waals surface area contributed by atoms with Crippen LogP contribution in [0, 0.1) is 0 Å². The number of nitrogens with zero attached hydrogens (tertiary/aromatic N) is 2. The second-order valence-corrected chi connectivity index (χ2v) is 4.20. The van der Waals surface area contributed by atoms with Crippen molar-refractivity contribution in [3.63, 3.8) is 0 Å². The quantitative estimate of drug-likeness (QED) is 0.584. The second kappa shape index (κ2) is 7.27. The van der Waals surface area contributed by atoms with Gasteiger partial charge in [0, 0.05) is 6.42 Å². The molecule has 0 amide bonds. The Labute approximate surface area is 99.4 Å². The van der Waals surface area contributed by atoms with Crippen LogP contribution in [0.25, 0.3) is 0 Å². The number of H-pyrrole nitrogens is 1. The fourth-order valence-corrected chi connectivity index (χ4v) is 1.74. The van der Waals surface area contributed by atoms with Crippen molar-refractivity contribution < 1.29 is 9.53 Å². The number of nitrogens with one attached hydrogen (secondary N) is 1. The summed E-state index contributed by atoms with van der Waals surface area (Å²) in [5.41, 5.74) is 0. The maximum absolute atomic E-state index is 11.1. The zero-order chi connectivity index (χ0) is 11.8. The molecule has 1 rings (SSSR count). The molecule has 90 valence electrons. The third kappa shape index (κ3) is 4.65. The number of rotatable bonds is 7. The average molecular weight is 243 g/mol. The van der Waals surface area contributed by atoms with Crippen LogP contribution in [0.4, 0.5) is 0 Å². The molecule has 0 saturated heterocycles. The Morgan fingerprint density at radius 2 is 2.31 bits per heavy atom. The van der Waals surface area contributed by atoms with Crippen LogP contribution in [0.3, 0.4) is 0 Å². The van der Waals surface area contributed by atoms with Gasteiger partial charge in [0.05, 0.1) is 12.4 Å². The molecule has 5 nitrogen and oxygen atoms in total. The van der Waals surface area contributed by atoms with Crippen molar-refractivity contribution in [2.24, 2.45) is 0 Å². The number of aromatic amines is 1. The maximum Gasteiger partial charge on any atom is 0.316 e. The first-order chi connectivity index (χ1) is 7.76. The van der Waals surface area contributed by atoms with Crippen LogP contribution >= 0.6 is 11.8 Å². The van der Waals surface area contributed by atoms with Crippen molar-refractivity contribution >= 4 is 17.7 Å². The fraction of sp³-hybridized carbons (Fsp3) is 0.700. The minimum atomic E-state index is -0.229. The molecule has 0 aromatic carbocycles. The molecule has 16 heavy (non-hydrogen) atoms. The van der Waals surface area contributed by atoms with Gasteiger partial charge in [-0.2, -0.15) is 0 Å². The van der Waals surface area contributed by atoms with Crippen molar-refractivity contribution in [3.05, 3.63) is 5.82 Å². The molecular formula is C10H17N3O2S. The van der Waals surface area contributed by atoms with E-state index >= 15 is 0 Å². The summed E-state index contributed by atoms with van der Waals surface area (Å²) in [5, 5.41) is 7.49. The lowest BCUT2D eigenvalue weighted by molar-refractivity contribution is -0.139. The lowest BCUT2D eigenvalue weighted by atomic mass is 10.2. The van der Waals surface area contributed by atoms with E-state index in [2.05, 4.69) is 22.1 Å². The molecule has 0 fully saturated rings. The number of ether oxygens (including phenoxy) is 1. The van der Waals surface area contributed by atoms with Gasteiger partial charge < -0.3 is 4.74 Å². The largest absolute Gasteiger partial charge is 0.465 e. The third-order valence-electron chi connectivity index (χ3n) is 1.90. The van der Waals surface area contributed by atoms with Crippen molar-refractivity contribution in [1.82, 2.24) is 15.2 Å². The van der Waals surface area contributed by atoms with Gasteiger partial charge in [0.25, 0.3) is 0 Å². The summed E-state index contributed by atoms with van der Waals surface area (Å²) < 4.78 is 4.81. The second-order valence-electron chi connectivity index (χ2n) is 3.26. The smallest absolute Gasteiger partial charge is 0.316 e. The van der Waals surface area contributed by atoms with E-state index in [0.717, 1.165) is 25.1 Å². The zero-order valence-corrected chi connectivity index (χ0v) is 10.5. The summed E-state index contributed by atoms with van der Waals surface area (Å²) in [6.07, 6.45) is 3.13. The molecular weight excluding hydrogens is 226 g/mol. The van der Waals surface area contributed by atoms with Crippen molar-refractivity contribution in [2.75, 3.05) is 12.4 Å². The fourth-order valence-electron chi connectivity index (χ4n) is 1.12. The first kappa shape index (κ1) is 13.0. The molecule has 0 spiro atoms. The van der Waals surface area contributed by atoms with E-state index in [1.54, 1.807) is 6.92 Å². The molecule has 0 aliphatic rings. The molecule has 0 unspecified atom stereocenters. The van der Waals surface area contributed by atoms with E-state index in [0.29, 0.717) is 11.8 Å². The van der Waals surface area contributed by atoms with Crippen LogP contribution in [0.1, 0.15) is 32.5 Å². The van der Waals surface area contributed by atoms with E-state index in [-0.39, 0.29) is 11.7 Å². The zero-order valence-electron chi connectivity index (χ0n) is 9.65. The predicted molar refractivity (Wildman–Crippen MR) is 62.4 cm³/mol. The highest BCUT2D eigenvalue weighted by molar-refractivity contribution is 7.99. The summed E-state index contributed by atoms with van der Waals surface area (Å²) in [7, 11) is 0. The molecule has 1 aromatic heterocycles. The van der Waals surface area contributed by atoms with Crippen LogP contribution in [0.2, 0.25) is 0 Å². The summed E-state index contributed by atoms with van der Waals surface area (Å²) in [6, 6.07) is 0. The van der Waals surface area contributed by atoms with Crippen LogP contribution < -0.4 is 0 Å². The maximum atomic E-state index is 11.1. The molecule has 1 heterocycles. The molecule has 6 heteroatoms. The number of carbonyl (C=O) groups excluding carboxylic acids is 1. The Bertz CT molecular complexity index is 328. The third-order valence-corrected chi connectivity index (χ3v) is 2.72. The van der Waals surface area contributed by atoms with Crippen LogP contribution in [0.5, 0.6) is 0 Å². The van der Waals surface area contributed by atoms with Gasteiger partial charge in [-0.3, -0.25) is 9.89 Å². The minimum Gasteiger partial charge on any atom is -0.465 e. The monoisotopic (exact) mass is 243 g/mol. The van der Waals surface area contributed by atoms with E-state index < -0.39 is 0 Å². The molecule has 0 aliphatic carbocycles. The van der Waals surface area contributed by atoms with Crippen LogP contribution in [0.15, 0.2) is 5.16 Å². The van der Waals surface area contributed by atoms with Gasteiger partial charge in [-0.1, -0.05) is 25.1 Å². The standard InChI is InChI=1S/C10H17N3O2S/c1-3-5-6-8-11-10(13-12-8)16-7-9(14)15-4-2/h3-7H2,1-2H3,(H,11,12,13). The highest BCUT2D eigenvalue weighted by Crippen LogP contribution is 2.13. The van der Waals surface area contributed by atoms with Gasteiger partial charge in [0.2, 0.25) is 5.16 Å². The van der Waals surface area contributed by atoms with E-state index in [1.807, 2.05) is 0 Å². The molecule has 0 bridgehead atoms. The Morgan fingerprint density at radius 3 is 3.00 bits per heavy atom. The van der Waals surface area contributed by atoms with Gasteiger partial charge in [-0.05, 0) is 13.3 Å². The highest BCUT2D eigenvalue weighted by atomic mass is 32.2.